The Kier molecular flexibility index (Phi) is 3.83. The van der Waals surface area contributed by atoms with Gasteiger partial charge >= 0.3 is 0 Å². The van der Waals surface area contributed by atoms with E-state index in [4.69, 9.17) is 4.74 Å². The molecular formula is C21H20N5O+. The highest BCUT2D eigenvalue weighted by molar-refractivity contribution is 5.82. The number of ether oxygens (including phenoxy) is 1. The Morgan fingerprint density at radius 2 is 1.93 bits per heavy atom. The number of nitrogens with zero attached hydrogens (tertiary/aromatic N) is 5. The van der Waals surface area contributed by atoms with Crippen molar-refractivity contribution in [2.75, 3.05) is 5.01 Å². The minimum absolute atomic E-state index is 0.467. The van der Waals surface area contributed by atoms with Gasteiger partial charge in [0.15, 0.2) is 6.20 Å². The molecule has 2 aliphatic heterocycles. The summed E-state index contributed by atoms with van der Waals surface area (Å²) in [6.07, 6.45) is 15.0. The summed E-state index contributed by atoms with van der Waals surface area (Å²) in [5.41, 5.74) is 2.19. The molecule has 1 unspecified atom stereocenters. The zero-order chi connectivity index (χ0) is 18.1. The molecule has 0 bridgehead atoms. The van der Waals surface area contributed by atoms with Gasteiger partial charge in [0.25, 0.3) is 0 Å². The fourth-order valence-corrected chi connectivity index (χ4v) is 3.63. The van der Waals surface area contributed by atoms with Crippen LogP contribution in [0.3, 0.4) is 0 Å². The van der Waals surface area contributed by atoms with Crippen LogP contribution in [0.4, 0.5) is 5.69 Å². The maximum atomic E-state index is 5.84. The van der Waals surface area contributed by atoms with E-state index in [2.05, 4.69) is 38.3 Å². The molecule has 2 aromatic rings. The van der Waals surface area contributed by atoms with Crippen molar-refractivity contribution in [1.82, 2.24) is 4.98 Å². The van der Waals surface area contributed by atoms with Gasteiger partial charge in [0.1, 0.15) is 5.75 Å². The summed E-state index contributed by atoms with van der Waals surface area (Å²) in [5.74, 6) is 1.36. The number of rotatable bonds is 5. The van der Waals surface area contributed by atoms with E-state index < -0.39 is 0 Å². The SMILES string of the molecule is C1=C[N+]2(N(c3ccc(Oc4ccccn4)cc3)C3CCC3)C=NC=C2C=N1. The van der Waals surface area contributed by atoms with Crippen LogP contribution in [0.1, 0.15) is 19.3 Å². The lowest BCUT2D eigenvalue weighted by atomic mass is 9.92. The molecule has 0 saturated heterocycles. The standard InChI is InChI=1S/C21H20N5O/c1-2-11-24-21(6-1)27-20-9-7-18(8-10-20)25(17-4-3-5-17)26-13-12-22-14-19(26)15-23-16-26/h1-2,6-17H,3-5H2/q+1. The maximum Gasteiger partial charge on any atom is 0.225 e. The van der Waals surface area contributed by atoms with Crippen LogP contribution < -0.4 is 9.75 Å². The predicted molar refractivity (Wildman–Crippen MR) is 105 cm³/mol. The molecule has 0 radical (unpaired) electrons. The average molecular weight is 358 g/mol. The minimum atomic E-state index is 0.467. The minimum Gasteiger partial charge on any atom is -0.439 e. The maximum absolute atomic E-state index is 5.84. The summed E-state index contributed by atoms with van der Waals surface area (Å²) in [4.78, 5) is 12.9. The summed E-state index contributed by atoms with van der Waals surface area (Å²) in [7, 11) is 0. The predicted octanol–water partition coefficient (Wildman–Crippen LogP) is 4.40. The van der Waals surface area contributed by atoms with Gasteiger partial charge in [0.05, 0.1) is 30.3 Å². The third-order valence-electron chi connectivity index (χ3n) is 5.19. The summed E-state index contributed by atoms with van der Waals surface area (Å²) >= 11 is 0. The number of benzene rings is 1. The Hall–Kier alpha value is -3.25. The zero-order valence-electron chi connectivity index (χ0n) is 14.8. The molecular weight excluding hydrogens is 338 g/mol. The van der Waals surface area contributed by atoms with Gasteiger partial charge in [0.2, 0.25) is 17.9 Å². The number of hydrogen-bond acceptors (Lipinski definition) is 5. The van der Waals surface area contributed by atoms with Gasteiger partial charge in [-0.05, 0) is 49.6 Å². The van der Waals surface area contributed by atoms with Gasteiger partial charge < -0.3 is 4.74 Å². The molecule has 6 nitrogen and oxygen atoms in total. The van der Waals surface area contributed by atoms with E-state index >= 15 is 0 Å². The molecule has 0 amide bonds. The fourth-order valence-electron chi connectivity index (χ4n) is 3.63. The lowest BCUT2D eigenvalue weighted by Crippen LogP contribution is -2.61. The molecule has 27 heavy (non-hydrogen) atoms. The number of anilines is 1. The number of aromatic nitrogens is 1. The first-order valence-corrected chi connectivity index (χ1v) is 9.18. The van der Waals surface area contributed by atoms with Gasteiger partial charge in [-0.15, -0.1) is 4.59 Å². The first kappa shape index (κ1) is 16.0. The molecule has 0 spiro atoms. The van der Waals surface area contributed by atoms with Crippen molar-refractivity contribution in [3.05, 3.63) is 73.0 Å². The average Bonchev–Trinajstić information content (AvgIpc) is 3.11. The van der Waals surface area contributed by atoms with Crippen LogP contribution in [0, 0.1) is 0 Å². The second-order valence-electron chi connectivity index (χ2n) is 6.83. The van der Waals surface area contributed by atoms with Crippen molar-refractivity contribution in [2.24, 2.45) is 9.98 Å². The summed E-state index contributed by atoms with van der Waals surface area (Å²) in [6.45, 7) is 0. The van der Waals surface area contributed by atoms with Gasteiger partial charge in [-0.1, -0.05) is 6.07 Å². The first-order chi connectivity index (χ1) is 13.4. The van der Waals surface area contributed by atoms with Gasteiger partial charge in [-0.2, -0.15) is 0 Å². The van der Waals surface area contributed by atoms with E-state index in [0.29, 0.717) is 16.5 Å². The number of aliphatic imine (C=N–C) groups is 2. The van der Waals surface area contributed by atoms with Crippen molar-refractivity contribution in [2.45, 2.75) is 25.3 Å². The van der Waals surface area contributed by atoms with Crippen LogP contribution in [0.5, 0.6) is 11.6 Å². The second kappa shape index (κ2) is 6.48. The van der Waals surface area contributed by atoms with Crippen LogP contribution in [-0.2, 0) is 0 Å². The van der Waals surface area contributed by atoms with E-state index in [0.717, 1.165) is 17.1 Å². The molecule has 6 heteroatoms. The highest BCUT2D eigenvalue weighted by Gasteiger charge is 2.46. The highest BCUT2D eigenvalue weighted by Crippen LogP contribution is 2.39. The Bertz CT molecular complexity index is 944. The van der Waals surface area contributed by atoms with Crippen LogP contribution in [0.25, 0.3) is 0 Å². The largest absolute Gasteiger partial charge is 0.439 e. The van der Waals surface area contributed by atoms with Crippen LogP contribution in [0.15, 0.2) is 82.9 Å². The van der Waals surface area contributed by atoms with Crippen LogP contribution in [0.2, 0.25) is 0 Å². The van der Waals surface area contributed by atoms with Gasteiger partial charge in [-0.25, -0.2) is 15.0 Å². The number of quaternary nitrogens is 1. The van der Waals surface area contributed by atoms with Crippen molar-refractivity contribution in [3.63, 3.8) is 0 Å². The van der Waals surface area contributed by atoms with Crippen molar-refractivity contribution in [3.8, 4) is 11.6 Å². The molecule has 3 aliphatic rings. The third-order valence-corrected chi connectivity index (χ3v) is 5.19. The van der Waals surface area contributed by atoms with E-state index in [1.54, 1.807) is 6.20 Å². The highest BCUT2D eigenvalue weighted by atomic mass is 16.5. The summed E-state index contributed by atoms with van der Waals surface area (Å²) in [6, 6.07) is 14.3. The van der Waals surface area contributed by atoms with E-state index in [1.165, 1.54) is 19.3 Å². The molecule has 1 fully saturated rings. The molecule has 1 aliphatic carbocycles. The van der Waals surface area contributed by atoms with Crippen LogP contribution in [-0.4, -0.2) is 28.2 Å². The molecule has 1 aromatic heterocycles. The van der Waals surface area contributed by atoms with E-state index in [9.17, 15) is 0 Å². The van der Waals surface area contributed by atoms with E-state index in [1.807, 2.05) is 55.3 Å². The normalized spacial score (nSPS) is 22.9. The smallest absolute Gasteiger partial charge is 0.225 e. The Morgan fingerprint density at radius 3 is 2.67 bits per heavy atom. The molecule has 1 atom stereocenters. The molecule has 3 heterocycles. The lowest BCUT2D eigenvalue weighted by molar-refractivity contribution is -0.746. The topological polar surface area (TPSA) is 50.1 Å². The first-order valence-electron chi connectivity index (χ1n) is 9.18. The van der Waals surface area contributed by atoms with Crippen molar-refractivity contribution < 1.29 is 9.33 Å². The summed E-state index contributed by atoms with van der Waals surface area (Å²) < 4.78 is 6.30. The molecule has 0 N–H and O–H groups in total. The quantitative estimate of drug-likeness (QED) is 0.744. The fraction of sp³-hybridized carbons (Fsp3) is 0.190. The second-order valence-corrected chi connectivity index (χ2v) is 6.83. The number of hydrogen-bond donors (Lipinski definition) is 0. The molecule has 1 saturated carbocycles. The van der Waals surface area contributed by atoms with E-state index in [-0.39, 0.29) is 0 Å². The monoisotopic (exact) mass is 358 g/mol. The molecule has 134 valence electrons. The number of fused-ring (bicyclic) bond motifs is 1. The van der Waals surface area contributed by atoms with Crippen molar-refractivity contribution >= 4 is 18.2 Å². The van der Waals surface area contributed by atoms with Gasteiger partial charge in [0, 0.05) is 12.3 Å². The number of pyridine rings is 1. The third kappa shape index (κ3) is 2.74. The van der Waals surface area contributed by atoms with Gasteiger partial charge in [-0.3, -0.25) is 4.99 Å². The lowest BCUT2D eigenvalue weighted by Gasteiger charge is -2.46. The number of allylic oxidation sites excluding steroid dienone is 1. The molecule has 1 aromatic carbocycles. The Labute approximate surface area is 158 Å². The van der Waals surface area contributed by atoms with Crippen molar-refractivity contribution in [1.29, 1.82) is 0 Å². The zero-order valence-corrected chi connectivity index (χ0v) is 14.8. The van der Waals surface area contributed by atoms with Crippen LogP contribution >= 0.6 is 0 Å². The Balaban J connectivity index is 1.47. The molecule has 5 rings (SSSR count). The summed E-state index contributed by atoms with van der Waals surface area (Å²) in [5, 5.41) is 2.41. The Morgan fingerprint density at radius 1 is 1.04 bits per heavy atom.